The number of rotatable bonds is 6. The van der Waals surface area contributed by atoms with Crippen molar-refractivity contribution < 1.29 is 14.7 Å². The lowest BCUT2D eigenvalue weighted by Gasteiger charge is -2.30. The minimum absolute atomic E-state index is 0.0470. The standard InChI is InChI=1S/C24H29N9O3/c1-15(14-34)33-22(29-30-31-33)19-7-4-8-21(27-19)28-23(35)20-11-17-13-32(10-9-16(17)12-25-20)24(36)26-18-5-2-3-6-18/h4,7-8,11-12,15,18,34H,2-3,5-6,9-10,13-14H2,1H3,(H,26,36)(H,27,28,35)/t15-/m1/s1. The van der Waals surface area contributed by atoms with Gasteiger partial charge >= 0.3 is 6.03 Å². The maximum absolute atomic E-state index is 13.0. The van der Waals surface area contributed by atoms with Crippen molar-refractivity contribution in [3.8, 4) is 11.5 Å². The first-order valence-corrected chi connectivity index (χ1v) is 12.2. The molecule has 4 heterocycles. The molecule has 1 aliphatic heterocycles. The summed E-state index contributed by atoms with van der Waals surface area (Å²) in [5.41, 5.74) is 2.67. The highest BCUT2D eigenvalue weighted by molar-refractivity contribution is 6.02. The summed E-state index contributed by atoms with van der Waals surface area (Å²) in [5.74, 6) is 0.301. The summed E-state index contributed by atoms with van der Waals surface area (Å²) in [6.45, 7) is 2.73. The van der Waals surface area contributed by atoms with E-state index >= 15 is 0 Å². The topological polar surface area (TPSA) is 151 Å². The van der Waals surface area contributed by atoms with Crippen LogP contribution in [0.4, 0.5) is 10.6 Å². The number of urea groups is 1. The number of carbonyl (C=O) groups is 2. The van der Waals surface area contributed by atoms with E-state index < -0.39 is 5.91 Å². The number of nitrogens with zero attached hydrogens (tertiary/aromatic N) is 7. The largest absolute Gasteiger partial charge is 0.394 e. The van der Waals surface area contributed by atoms with Crippen LogP contribution >= 0.6 is 0 Å². The van der Waals surface area contributed by atoms with Crippen molar-refractivity contribution >= 4 is 17.8 Å². The molecule has 12 nitrogen and oxygen atoms in total. The van der Waals surface area contributed by atoms with E-state index in [1.54, 1.807) is 42.3 Å². The van der Waals surface area contributed by atoms with Crippen LogP contribution in [0.2, 0.25) is 0 Å². The molecule has 2 aliphatic rings. The second kappa shape index (κ2) is 10.4. The van der Waals surface area contributed by atoms with Gasteiger partial charge in [-0.1, -0.05) is 18.9 Å². The number of nitrogens with one attached hydrogen (secondary N) is 2. The monoisotopic (exact) mass is 491 g/mol. The molecule has 1 aliphatic carbocycles. The van der Waals surface area contributed by atoms with Crippen LogP contribution in [0.5, 0.6) is 0 Å². The molecule has 12 heteroatoms. The first kappa shape index (κ1) is 23.8. The molecule has 3 aromatic rings. The van der Waals surface area contributed by atoms with Gasteiger partial charge in [-0.15, -0.1) is 5.10 Å². The normalized spacial score (nSPS) is 16.4. The Hall–Kier alpha value is -3.93. The Balaban J connectivity index is 1.28. The Bertz CT molecular complexity index is 1260. The highest BCUT2D eigenvalue weighted by Crippen LogP contribution is 2.23. The van der Waals surface area contributed by atoms with Gasteiger partial charge in [-0.2, -0.15) is 0 Å². The molecule has 3 N–H and O–H groups in total. The van der Waals surface area contributed by atoms with E-state index in [1.165, 1.54) is 4.68 Å². The smallest absolute Gasteiger partial charge is 0.317 e. The number of tetrazole rings is 1. The fourth-order valence-corrected chi connectivity index (χ4v) is 4.62. The Labute approximate surface area is 208 Å². The predicted molar refractivity (Wildman–Crippen MR) is 130 cm³/mol. The van der Waals surface area contributed by atoms with Crippen LogP contribution in [0.1, 0.15) is 60.3 Å². The molecule has 0 saturated heterocycles. The Morgan fingerprint density at radius 3 is 2.86 bits per heavy atom. The lowest BCUT2D eigenvalue weighted by atomic mass is 10.0. The molecule has 0 radical (unpaired) electrons. The van der Waals surface area contributed by atoms with E-state index in [0.717, 1.165) is 36.8 Å². The summed E-state index contributed by atoms with van der Waals surface area (Å²) in [6, 6.07) is 6.76. The molecular formula is C24H29N9O3. The lowest BCUT2D eigenvalue weighted by molar-refractivity contribution is 0.102. The van der Waals surface area contributed by atoms with Crippen LogP contribution < -0.4 is 10.6 Å². The molecule has 3 aromatic heterocycles. The summed E-state index contributed by atoms with van der Waals surface area (Å²) < 4.78 is 1.48. The molecule has 36 heavy (non-hydrogen) atoms. The highest BCUT2D eigenvalue weighted by Gasteiger charge is 2.25. The molecule has 0 spiro atoms. The third kappa shape index (κ3) is 5.03. The van der Waals surface area contributed by atoms with E-state index in [4.69, 9.17) is 0 Å². The van der Waals surface area contributed by atoms with E-state index in [1.807, 2.05) is 0 Å². The lowest BCUT2D eigenvalue weighted by Crippen LogP contribution is -2.46. The second-order valence-corrected chi connectivity index (χ2v) is 9.28. The number of aliphatic hydroxyl groups excluding tert-OH is 1. The van der Waals surface area contributed by atoms with Crippen molar-refractivity contribution in [3.63, 3.8) is 0 Å². The van der Waals surface area contributed by atoms with Gasteiger partial charge < -0.3 is 20.6 Å². The van der Waals surface area contributed by atoms with E-state index in [2.05, 4.69) is 36.1 Å². The number of carbonyl (C=O) groups excluding carboxylic acids is 2. The van der Waals surface area contributed by atoms with Crippen molar-refractivity contribution in [2.24, 2.45) is 0 Å². The van der Waals surface area contributed by atoms with E-state index in [0.29, 0.717) is 36.8 Å². The molecule has 1 saturated carbocycles. The van der Waals surface area contributed by atoms with Crippen molar-refractivity contribution in [1.29, 1.82) is 0 Å². The Kier molecular flexibility index (Phi) is 6.85. The number of amides is 3. The number of fused-ring (bicyclic) bond motifs is 1. The summed E-state index contributed by atoms with van der Waals surface area (Å²) in [7, 11) is 0. The van der Waals surface area contributed by atoms with Gasteiger partial charge in [0.1, 0.15) is 17.2 Å². The van der Waals surface area contributed by atoms with Gasteiger partial charge in [0, 0.05) is 25.3 Å². The second-order valence-electron chi connectivity index (χ2n) is 9.28. The van der Waals surface area contributed by atoms with Gasteiger partial charge in [0.25, 0.3) is 5.91 Å². The van der Waals surface area contributed by atoms with Crippen molar-refractivity contribution in [2.45, 2.75) is 57.7 Å². The zero-order chi connectivity index (χ0) is 25.1. The van der Waals surface area contributed by atoms with E-state index in [-0.39, 0.29) is 30.4 Å². The minimum atomic E-state index is -0.404. The minimum Gasteiger partial charge on any atom is -0.394 e. The number of hydrogen-bond acceptors (Lipinski definition) is 8. The molecule has 3 amide bonds. The molecule has 188 valence electrons. The molecule has 0 aromatic carbocycles. The summed E-state index contributed by atoms with van der Waals surface area (Å²) >= 11 is 0. The third-order valence-electron chi connectivity index (χ3n) is 6.69. The fraction of sp³-hybridized carbons (Fsp3) is 0.458. The summed E-state index contributed by atoms with van der Waals surface area (Å²) in [6.07, 6.45) is 6.81. The number of aromatic nitrogens is 6. The third-order valence-corrected chi connectivity index (χ3v) is 6.69. The quantitative estimate of drug-likeness (QED) is 0.473. The van der Waals surface area contributed by atoms with Gasteiger partial charge in [0.2, 0.25) is 5.82 Å². The van der Waals surface area contributed by atoms with Crippen LogP contribution in [0.15, 0.2) is 30.5 Å². The average molecular weight is 492 g/mol. The van der Waals surface area contributed by atoms with Gasteiger partial charge in [-0.3, -0.25) is 9.78 Å². The molecule has 1 fully saturated rings. The highest BCUT2D eigenvalue weighted by atomic mass is 16.3. The molecule has 1 atom stereocenters. The van der Waals surface area contributed by atoms with Crippen LogP contribution in [0.3, 0.4) is 0 Å². The van der Waals surface area contributed by atoms with Crippen LogP contribution in [-0.2, 0) is 13.0 Å². The van der Waals surface area contributed by atoms with E-state index in [9.17, 15) is 14.7 Å². The zero-order valence-electron chi connectivity index (χ0n) is 20.1. The van der Waals surface area contributed by atoms with Gasteiger partial charge in [0.15, 0.2) is 0 Å². The maximum atomic E-state index is 13.0. The SMILES string of the molecule is C[C@H](CO)n1nnnc1-c1cccc(NC(=O)c2cc3c(cn2)CCN(C(=O)NC2CCCC2)C3)n1. The molecular weight excluding hydrogens is 462 g/mol. The Morgan fingerprint density at radius 2 is 2.06 bits per heavy atom. The zero-order valence-corrected chi connectivity index (χ0v) is 20.1. The molecule has 0 unspecified atom stereocenters. The van der Waals surface area contributed by atoms with Crippen LogP contribution in [-0.4, -0.2) is 71.3 Å². The number of pyridine rings is 2. The molecule has 5 rings (SSSR count). The number of hydrogen-bond donors (Lipinski definition) is 3. The first-order chi connectivity index (χ1) is 17.5. The van der Waals surface area contributed by atoms with Crippen LogP contribution in [0, 0.1) is 0 Å². The fourth-order valence-electron chi connectivity index (χ4n) is 4.62. The Morgan fingerprint density at radius 1 is 1.22 bits per heavy atom. The predicted octanol–water partition coefficient (Wildman–Crippen LogP) is 1.95. The first-order valence-electron chi connectivity index (χ1n) is 12.2. The van der Waals surface area contributed by atoms with Crippen molar-refractivity contribution in [2.75, 3.05) is 18.5 Å². The maximum Gasteiger partial charge on any atom is 0.317 e. The van der Waals surface area contributed by atoms with Crippen molar-refractivity contribution in [3.05, 3.63) is 47.3 Å². The summed E-state index contributed by atoms with van der Waals surface area (Å²) in [4.78, 5) is 36.3. The van der Waals surface area contributed by atoms with Crippen LogP contribution in [0.25, 0.3) is 11.5 Å². The number of aliphatic hydroxyl groups is 1. The number of anilines is 1. The van der Waals surface area contributed by atoms with Gasteiger partial charge in [-0.25, -0.2) is 14.5 Å². The van der Waals surface area contributed by atoms with Gasteiger partial charge in [0.05, 0.1) is 12.6 Å². The molecule has 0 bridgehead atoms. The van der Waals surface area contributed by atoms with Crippen molar-refractivity contribution in [1.82, 2.24) is 40.4 Å². The van der Waals surface area contributed by atoms with Gasteiger partial charge in [-0.05, 0) is 65.9 Å². The average Bonchev–Trinajstić information content (AvgIpc) is 3.60. The summed E-state index contributed by atoms with van der Waals surface area (Å²) in [5, 5.41) is 27.0.